The predicted octanol–water partition coefficient (Wildman–Crippen LogP) is 1.82. The van der Waals surface area contributed by atoms with Crippen LogP contribution < -0.4 is 5.43 Å². The first kappa shape index (κ1) is 9.39. The van der Waals surface area contributed by atoms with Crippen molar-refractivity contribution in [3.63, 3.8) is 0 Å². The van der Waals surface area contributed by atoms with Crippen LogP contribution in [0.4, 0.5) is 5.82 Å². The Kier molecular flexibility index (Phi) is 2.73. The standard InChI is InChI=1S/C10H10N4O/c1-8-5-10(12-7-11-8)14-13-6-9-3-2-4-15-9/h2-7H,1H3,(H,11,12,14)/b13-6+. The van der Waals surface area contributed by atoms with Gasteiger partial charge in [0.25, 0.3) is 0 Å². The summed E-state index contributed by atoms with van der Waals surface area (Å²) in [5.41, 5.74) is 3.67. The van der Waals surface area contributed by atoms with Gasteiger partial charge in [0.15, 0.2) is 0 Å². The van der Waals surface area contributed by atoms with E-state index in [1.807, 2.05) is 13.0 Å². The van der Waals surface area contributed by atoms with E-state index in [1.165, 1.54) is 6.33 Å². The Morgan fingerprint density at radius 1 is 1.47 bits per heavy atom. The van der Waals surface area contributed by atoms with E-state index in [0.29, 0.717) is 11.6 Å². The number of aryl methyl sites for hydroxylation is 1. The van der Waals surface area contributed by atoms with Gasteiger partial charge in [-0.25, -0.2) is 9.97 Å². The lowest BCUT2D eigenvalue weighted by atomic mass is 10.4. The molecule has 0 aromatic carbocycles. The van der Waals surface area contributed by atoms with Gasteiger partial charge in [-0.15, -0.1) is 0 Å². The molecule has 5 nitrogen and oxygen atoms in total. The van der Waals surface area contributed by atoms with Crippen LogP contribution in [-0.4, -0.2) is 16.2 Å². The second-order valence-electron chi connectivity index (χ2n) is 2.93. The number of hydrogen-bond donors (Lipinski definition) is 1. The summed E-state index contributed by atoms with van der Waals surface area (Å²) >= 11 is 0. The van der Waals surface area contributed by atoms with Gasteiger partial charge >= 0.3 is 0 Å². The van der Waals surface area contributed by atoms with Crippen molar-refractivity contribution >= 4 is 12.0 Å². The summed E-state index contributed by atoms with van der Waals surface area (Å²) in [5, 5.41) is 3.97. The average molecular weight is 202 g/mol. The maximum atomic E-state index is 5.07. The van der Waals surface area contributed by atoms with Crippen LogP contribution in [0.2, 0.25) is 0 Å². The van der Waals surface area contributed by atoms with Gasteiger partial charge in [0.05, 0.1) is 12.5 Å². The molecule has 0 aliphatic rings. The molecule has 2 aromatic heterocycles. The molecule has 0 spiro atoms. The Balaban J connectivity index is 1.99. The van der Waals surface area contributed by atoms with Crippen LogP contribution in [0.3, 0.4) is 0 Å². The molecule has 0 saturated carbocycles. The van der Waals surface area contributed by atoms with Crippen LogP contribution in [0.5, 0.6) is 0 Å². The van der Waals surface area contributed by atoms with Crippen LogP contribution in [0.15, 0.2) is 40.3 Å². The number of aromatic nitrogens is 2. The predicted molar refractivity (Wildman–Crippen MR) is 56.7 cm³/mol. The number of nitrogens with zero attached hydrogens (tertiary/aromatic N) is 3. The molecule has 0 unspecified atom stereocenters. The second-order valence-corrected chi connectivity index (χ2v) is 2.93. The lowest BCUT2D eigenvalue weighted by Crippen LogP contribution is -1.94. The number of hydrogen-bond acceptors (Lipinski definition) is 5. The third-order valence-corrected chi connectivity index (χ3v) is 1.72. The molecule has 76 valence electrons. The molecule has 0 bridgehead atoms. The summed E-state index contributed by atoms with van der Waals surface area (Å²) < 4.78 is 5.07. The molecular weight excluding hydrogens is 192 g/mol. The molecule has 5 heteroatoms. The number of furan rings is 1. The lowest BCUT2D eigenvalue weighted by molar-refractivity contribution is 0.560. The summed E-state index contributed by atoms with van der Waals surface area (Å²) in [7, 11) is 0. The maximum Gasteiger partial charge on any atom is 0.149 e. The minimum atomic E-state index is 0.658. The lowest BCUT2D eigenvalue weighted by Gasteiger charge is -1.97. The highest BCUT2D eigenvalue weighted by molar-refractivity contribution is 5.76. The number of hydrazone groups is 1. The van der Waals surface area contributed by atoms with Crippen molar-refractivity contribution in [2.75, 3.05) is 5.43 Å². The fourth-order valence-electron chi connectivity index (χ4n) is 1.04. The fourth-order valence-corrected chi connectivity index (χ4v) is 1.04. The zero-order valence-electron chi connectivity index (χ0n) is 8.21. The van der Waals surface area contributed by atoms with Gasteiger partial charge < -0.3 is 4.42 Å². The van der Waals surface area contributed by atoms with Crippen LogP contribution in [0.25, 0.3) is 0 Å². The second kappa shape index (κ2) is 4.36. The number of rotatable bonds is 3. The van der Waals surface area contributed by atoms with Crippen molar-refractivity contribution < 1.29 is 4.42 Å². The molecule has 1 N–H and O–H groups in total. The van der Waals surface area contributed by atoms with E-state index in [9.17, 15) is 0 Å². The molecule has 0 atom stereocenters. The molecule has 0 aliphatic carbocycles. The van der Waals surface area contributed by atoms with Crippen LogP contribution in [0.1, 0.15) is 11.5 Å². The van der Waals surface area contributed by atoms with E-state index in [4.69, 9.17) is 4.42 Å². The van der Waals surface area contributed by atoms with Crippen molar-refractivity contribution in [3.05, 3.63) is 42.2 Å². The third kappa shape index (κ3) is 2.63. The van der Waals surface area contributed by atoms with Gasteiger partial charge in [0.2, 0.25) is 0 Å². The highest BCUT2D eigenvalue weighted by Crippen LogP contribution is 2.02. The van der Waals surface area contributed by atoms with Crippen LogP contribution in [0, 0.1) is 6.92 Å². The summed E-state index contributed by atoms with van der Waals surface area (Å²) in [6.45, 7) is 1.89. The maximum absolute atomic E-state index is 5.07. The van der Waals surface area contributed by atoms with Crippen molar-refractivity contribution in [3.8, 4) is 0 Å². The Morgan fingerprint density at radius 2 is 2.40 bits per heavy atom. The molecule has 0 amide bonds. The summed E-state index contributed by atoms with van der Waals surface area (Å²) in [5.74, 6) is 1.35. The molecule has 2 aromatic rings. The van der Waals surface area contributed by atoms with Gasteiger partial charge in [-0.1, -0.05) is 0 Å². The zero-order valence-corrected chi connectivity index (χ0v) is 8.21. The van der Waals surface area contributed by atoms with Crippen molar-refractivity contribution in [1.82, 2.24) is 9.97 Å². The van der Waals surface area contributed by atoms with Crippen LogP contribution in [-0.2, 0) is 0 Å². The minimum Gasteiger partial charge on any atom is -0.463 e. The van der Waals surface area contributed by atoms with Gasteiger partial charge in [0, 0.05) is 11.8 Å². The smallest absolute Gasteiger partial charge is 0.149 e. The fraction of sp³-hybridized carbons (Fsp3) is 0.100. The summed E-state index contributed by atoms with van der Waals surface area (Å²) in [4.78, 5) is 7.97. The Morgan fingerprint density at radius 3 is 3.13 bits per heavy atom. The molecular formula is C10H10N4O. The van der Waals surface area contributed by atoms with E-state index in [-0.39, 0.29) is 0 Å². The molecule has 2 heterocycles. The van der Waals surface area contributed by atoms with Gasteiger partial charge in [-0.05, 0) is 19.1 Å². The quantitative estimate of drug-likeness (QED) is 0.609. The summed E-state index contributed by atoms with van der Waals surface area (Å²) in [6, 6.07) is 5.42. The topological polar surface area (TPSA) is 63.3 Å². The Labute approximate surface area is 86.9 Å². The SMILES string of the molecule is Cc1cc(N/N=C/c2ccco2)ncn1. The first-order chi connectivity index (χ1) is 7.34. The van der Waals surface area contributed by atoms with E-state index in [0.717, 1.165) is 5.69 Å². The van der Waals surface area contributed by atoms with E-state index >= 15 is 0 Å². The number of nitrogens with one attached hydrogen (secondary N) is 1. The summed E-state index contributed by atoms with van der Waals surface area (Å²) in [6.07, 6.45) is 4.66. The highest BCUT2D eigenvalue weighted by Gasteiger charge is 1.92. The molecule has 0 radical (unpaired) electrons. The normalized spacial score (nSPS) is 10.7. The van der Waals surface area contributed by atoms with E-state index in [2.05, 4.69) is 20.5 Å². The molecule has 0 saturated heterocycles. The Hall–Kier alpha value is -2.17. The first-order valence-electron chi connectivity index (χ1n) is 4.46. The zero-order chi connectivity index (χ0) is 10.5. The third-order valence-electron chi connectivity index (χ3n) is 1.72. The molecule has 0 fully saturated rings. The van der Waals surface area contributed by atoms with Crippen LogP contribution >= 0.6 is 0 Å². The minimum absolute atomic E-state index is 0.658. The molecule has 15 heavy (non-hydrogen) atoms. The van der Waals surface area contributed by atoms with Crippen molar-refractivity contribution in [2.45, 2.75) is 6.92 Å². The monoisotopic (exact) mass is 202 g/mol. The Bertz CT molecular complexity index is 450. The average Bonchev–Trinajstić information content (AvgIpc) is 2.71. The molecule has 2 rings (SSSR count). The first-order valence-corrected chi connectivity index (χ1v) is 4.46. The van der Waals surface area contributed by atoms with E-state index < -0.39 is 0 Å². The van der Waals surface area contributed by atoms with E-state index in [1.54, 1.807) is 24.6 Å². The molecule has 0 aliphatic heterocycles. The van der Waals surface area contributed by atoms with Gasteiger partial charge in [0.1, 0.15) is 17.9 Å². The van der Waals surface area contributed by atoms with Gasteiger partial charge in [-0.2, -0.15) is 5.10 Å². The van der Waals surface area contributed by atoms with Crippen molar-refractivity contribution in [1.29, 1.82) is 0 Å². The van der Waals surface area contributed by atoms with Crippen molar-refractivity contribution in [2.24, 2.45) is 5.10 Å². The highest BCUT2D eigenvalue weighted by atomic mass is 16.3. The number of anilines is 1. The van der Waals surface area contributed by atoms with Gasteiger partial charge in [-0.3, -0.25) is 5.43 Å². The largest absolute Gasteiger partial charge is 0.463 e.